The van der Waals surface area contributed by atoms with Gasteiger partial charge in [0, 0.05) is 29.5 Å². The lowest BCUT2D eigenvalue weighted by Crippen LogP contribution is -2.21. The fourth-order valence-corrected chi connectivity index (χ4v) is 2.78. The van der Waals surface area contributed by atoms with Crippen LogP contribution in [0.3, 0.4) is 0 Å². The van der Waals surface area contributed by atoms with Crippen molar-refractivity contribution in [2.24, 2.45) is 0 Å². The quantitative estimate of drug-likeness (QED) is 0.574. The van der Waals surface area contributed by atoms with Gasteiger partial charge >= 0.3 is 0 Å². The summed E-state index contributed by atoms with van der Waals surface area (Å²) in [6.07, 6.45) is 1.58. The van der Waals surface area contributed by atoms with Gasteiger partial charge in [-0.1, -0.05) is 29.8 Å². The van der Waals surface area contributed by atoms with Crippen molar-refractivity contribution < 1.29 is 4.79 Å². The molecule has 2 aromatic carbocycles. The van der Waals surface area contributed by atoms with E-state index in [-0.39, 0.29) is 5.57 Å². The van der Waals surface area contributed by atoms with Gasteiger partial charge in [-0.25, -0.2) is 0 Å². The molecule has 0 radical (unpaired) electrons. The number of benzene rings is 2. The molecule has 0 spiro atoms. The zero-order chi connectivity index (χ0) is 19.1. The third kappa shape index (κ3) is 4.87. The Labute approximate surface area is 159 Å². The van der Waals surface area contributed by atoms with Crippen molar-refractivity contribution in [3.63, 3.8) is 0 Å². The van der Waals surface area contributed by atoms with Gasteiger partial charge in [-0.3, -0.25) is 4.79 Å². The summed E-state index contributed by atoms with van der Waals surface area (Å²) in [5.74, 6) is -0.453. The largest absolute Gasteiger partial charge is 0.372 e. The van der Waals surface area contributed by atoms with E-state index in [2.05, 4.69) is 24.1 Å². The molecule has 0 bridgehead atoms. The number of aryl methyl sites for hydroxylation is 1. The Morgan fingerprint density at radius 2 is 1.85 bits per heavy atom. The molecule has 0 unspecified atom stereocenters. The Kier molecular flexibility index (Phi) is 6.82. The Hall–Kier alpha value is -2.77. The van der Waals surface area contributed by atoms with Gasteiger partial charge < -0.3 is 10.2 Å². The maximum atomic E-state index is 12.4. The van der Waals surface area contributed by atoms with Crippen LogP contribution in [-0.2, 0) is 4.79 Å². The van der Waals surface area contributed by atoms with Crippen LogP contribution >= 0.6 is 11.6 Å². The molecule has 2 aromatic rings. The number of nitrogens with one attached hydrogen (secondary N) is 1. The minimum absolute atomic E-state index is 0.0416. The molecular weight excluding hydrogens is 346 g/mol. The summed E-state index contributed by atoms with van der Waals surface area (Å²) in [6, 6.07) is 15.0. The lowest BCUT2D eigenvalue weighted by molar-refractivity contribution is -0.112. The summed E-state index contributed by atoms with van der Waals surface area (Å²) < 4.78 is 0. The Morgan fingerprint density at radius 3 is 2.42 bits per heavy atom. The summed E-state index contributed by atoms with van der Waals surface area (Å²) in [7, 11) is 0. The highest BCUT2D eigenvalue weighted by atomic mass is 35.5. The van der Waals surface area contributed by atoms with E-state index in [0.717, 1.165) is 29.9 Å². The van der Waals surface area contributed by atoms with Crippen LogP contribution in [0.5, 0.6) is 0 Å². The van der Waals surface area contributed by atoms with Crippen LogP contribution in [0.2, 0.25) is 5.02 Å². The molecule has 26 heavy (non-hydrogen) atoms. The molecule has 0 heterocycles. The minimum Gasteiger partial charge on any atom is -0.372 e. The van der Waals surface area contributed by atoms with Crippen molar-refractivity contribution >= 4 is 35.0 Å². The average Bonchev–Trinajstić information content (AvgIpc) is 2.64. The number of nitrogens with zero attached hydrogens (tertiary/aromatic N) is 2. The maximum Gasteiger partial charge on any atom is 0.266 e. The molecule has 134 valence electrons. The fourth-order valence-electron chi connectivity index (χ4n) is 2.60. The Bertz CT molecular complexity index is 847. The fraction of sp³-hybridized carbons (Fsp3) is 0.238. The van der Waals surface area contributed by atoms with Gasteiger partial charge in [0.1, 0.15) is 11.6 Å². The number of carbonyl (C=O) groups is 1. The first-order valence-electron chi connectivity index (χ1n) is 8.52. The molecule has 1 N–H and O–H groups in total. The molecule has 0 fully saturated rings. The highest BCUT2D eigenvalue weighted by Crippen LogP contribution is 2.21. The number of hydrogen-bond acceptors (Lipinski definition) is 3. The second-order valence-electron chi connectivity index (χ2n) is 5.85. The van der Waals surface area contributed by atoms with E-state index in [0.29, 0.717) is 10.7 Å². The van der Waals surface area contributed by atoms with Crippen molar-refractivity contribution in [1.29, 1.82) is 5.26 Å². The molecule has 1 amide bonds. The first-order valence-corrected chi connectivity index (χ1v) is 8.90. The molecule has 0 aromatic heterocycles. The molecule has 4 nitrogen and oxygen atoms in total. The van der Waals surface area contributed by atoms with E-state index in [4.69, 9.17) is 11.6 Å². The van der Waals surface area contributed by atoms with Gasteiger partial charge in [0.05, 0.1) is 0 Å². The SMILES string of the molecule is CCN(CC)c1ccc(/C=C(\C#N)C(=O)Nc2cc(Cl)ccc2C)cc1. The van der Waals surface area contributed by atoms with Crippen LogP contribution in [0.25, 0.3) is 6.08 Å². The first-order chi connectivity index (χ1) is 12.5. The molecule has 0 saturated carbocycles. The maximum absolute atomic E-state index is 12.4. The summed E-state index contributed by atoms with van der Waals surface area (Å²) in [5.41, 5.74) is 3.43. The summed E-state index contributed by atoms with van der Waals surface area (Å²) in [6.45, 7) is 7.93. The first kappa shape index (κ1) is 19.6. The normalized spacial score (nSPS) is 11.0. The van der Waals surface area contributed by atoms with Crippen molar-refractivity contribution in [2.45, 2.75) is 20.8 Å². The second kappa shape index (κ2) is 9.07. The van der Waals surface area contributed by atoms with Gasteiger partial charge in [0.2, 0.25) is 0 Å². The topological polar surface area (TPSA) is 56.1 Å². The van der Waals surface area contributed by atoms with Crippen molar-refractivity contribution in [3.05, 3.63) is 64.2 Å². The average molecular weight is 368 g/mol. The van der Waals surface area contributed by atoms with E-state index >= 15 is 0 Å². The highest BCUT2D eigenvalue weighted by Gasteiger charge is 2.11. The van der Waals surface area contributed by atoms with Crippen LogP contribution in [0, 0.1) is 18.3 Å². The predicted octanol–water partition coefficient (Wildman–Crippen LogP) is 5.04. The number of halogens is 1. The van der Waals surface area contributed by atoms with Crippen LogP contribution in [0.15, 0.2) is 48.0 Å². The number of rotatable bonds is 6. The molecule has 5 heteroatoms. The summed E-state index contributed by atoms with van der Waals surface area (Å²) in [5, 5.41) is 12.6. The number of anilines is 2. The molecule has 0 saturated heterocycles. The number of carbonyl (C=O) groups excluding carboxylic acids is 1. The molecule has 0 aliphatic carbocycles. The smallest absolute Gasteiger partial charge is 0.266 e. The summed E-state index contributed by atoms with van der Waals surface area (Å²) in [4.78, 5) is 14.7. The van der Waals surface area contributed by atoms with Crippen LogP contribution in [-0.4, -0.2) is 19.0 Å². The zero-order valence-corrected chi connectivity index (χ0v) is 16.0. The van der Waals surface area contributed by atoms with Crippen LogP contribution < -0.4 is 10.2 Å². The van der Waals surface area contributed by atoms with Gasteiger partial charge in [0.15, 0.2) is 0 Å². The molecule has 0 aliphatic rings. The molecular formula is C21H22ClN3O. The lowest BCUT2D eigenvalue weighted by Gasteiger charge is -2.20. The third-order valence-corrected chi connectivity index (χ3v) is 4.38. The second-order valence-corrected chi connectivity index (χ2v) is 6.28. The van der Waals surface area contributed by atoms with E-state index in [1.165, 1.54) is 0 Å². The molecule has 0 aliphatic heterocycles. The highest BCUT2D eigenvalue weighted by molar-refractivity contribution is 6.31. The number of nitriles is 1. The predicted molar refractivity (Wildman–Crippen MR) is 108 cm³/mol. The minimum atomic E-state index is -0.453. The van der Waals surface area contributed by atoms with E-state index in [9.17, 15) is 10.1 Å². The monoisotopic (exact) mass is 367 g/mol. The van der Waals surface area contributed by atoms with Gasteiger partial charge in [-0.05, 0) is 62.2 Å². The van der Waals surface area contributed by atoms with Crippen LogP contribution in [0.1, 0.15) is 25.0 Å². The third-order valence-electron chi connectivity index (χ3n) is 4.15. The lowest BCUT2D eigenvalue weighted by atomic mass is 10.1. The van der Waals surface area contributed by atoms with Gasteiger partial charge in [0.25, 0.3) is 5.91 Å². The van der Waals surface area contributed by atoms with E-state index < -0.39 is 5.91 Å². The van der Waals surface area contributed by atoms with Crippen molar-refractivity contribution in [3.8, 4) is 6.07 Å². The zero-order valence-electron chi connectivity index (χ0n) is 15.2. The van der Waals surface area contributed by atoms with Crippen molar-refractivity contribution in [2.75, 3.05) is 23.3 Å². The molecule has 0 atom stereocenters. The van der Waals surface area contributed by atoms with Gasteiger partial charge in [-0.15, -0.1) is 0 Å². The molecule has 2 rings (SSSR count). The standard InChI is InChI=1S/C21H22ClN3O/c1-4-25(5-2)19-10-7-16(8-11-19)12-17(14-23)21(26)24-20-13-18(22)9-6-15(20)3/h6-13H,4-5H2,1-3H3,(H,24,26)/b17-12+. The summed E-state index contributed by atoms with van der Waals surface area (Å²) >= 11 is 5.97. The number of hydrogen-bond donors (Lipinski definition) is 1. The van der Waals surface area contributed by atoms with Gasteiger partial charge in [-0.2, -0.15) is 5.26 Å². The van der Waals surface area contributed by atoms with Crippen molar-refractivity contribution in [1.82, 2.24) is 0 Å². The van der Waals surface area contributed by atoms with E-state index in [1.54, 1.807) is 18.2 Å². The Morgan fingerprint density at radius 1 is 1.19 bits per heavy atom. The van der Waals surface area contributed by atoms with Crippen LogP contribution in [0.4, 0.5) is 11.4 Å². The van der Waals surface area contributed by atoms with E-state index in [1.807, 2.05) is 43.3 Å². The Balaban J connectivity index is 2.20. The number of amides is 1.